The molecule has 80 valence electrons. The Morgan fingerprint density at radius 1 is 1.57 bits per heavy atom. The lowest BCUT2D eigenvalue weighted by molar-refractivity contribution is -0.142. The third-order valence-corrected chi connectivity index (χ3v) is 2.54. The molecule has 0 aliphatic carbocycles. The van der Waals surface area contributed by atoms with Crippen LogP contribution < -0.4 is 10.6 Å². The Balaban J connectivity index is 2.38. The van der Waals surface area contributed by atoms with Gasteiger partial charge < -0.3 is 15.4 Å². The van der Waals surface area contributed by atoms with Crippen molar-refractivity contribution in [3.05, 3.63) is 0 Å². The van der Waals surface area contributed by atoms with Gasteiger partial charge in [-0.2, -0.15) is 0 Å². The highest BCUT2D eigenvalue weighted by atomic mass is 16.5. The van der Waals surface area contributed by atoms with Crippen LogP contribution in [0.1, 0.15) is 13.3 Å². The number of esters is 1. The summed E-state index contributed by atoms with van der Waals surface area (Å²) in [5.74, 6) is -0.513. The van der Waals surface area contributed by atoms with E-state index < -0.39 is 5.97 Å². The van der Waals surface area contributed by atoms with Gasteiger partial charge >= 0.3 is 5.97 Å². The summed E-state index contributed by atoms with van der Waals surface area (Å²) in [7, 11) is 1.30. The first-order valence-corrected chi connectivity index (χ1v) is 4.64. The molecule has 1 rings (SSSR count). The van der Waals surface area contributed by atoms with Crippen LogP contribution in [0.4, 0.5) is 0 Å². The Morgan fingerprint density at radius 2 is 2.29 bits per heavy atom. The maximum atomic E-state index is 11.6. The summed E-state index contributed by atoms with van der Waals surface area (Å²) in [6, 6.07) is 0. The average Bonchev–Trinajstić information content (AvgIpc) is 2.62. The highest BCUT2D eigenvalue weighted by molar-refractivity contribution is 5.86. The third-order valence-electron chi connectivity index (χ3n) is 2.54. The zero-order chi connectivity index (χ0) is 10.6. The molecule has 0 bridgehead atoms. The molecule has 5 nitrogen and oxygen atoms in total. The van der Waals surface area contributed by atoms with E-state index in [9.17, 15) is 9.59 Å². The number of carbonyl (C=O) groups is 2. The van der Waals surface area contributed by atoms with E-state index in [4.69, 9.17) is 0 Å². The molecule has 1 heterocycles. The van der Waals surface area contributed by atoms with Crippen molar-refractivity contribution in [2.24, 2.45) is 5.41 Å². The molecule has 1 amide bonds. The number of hydrogen-bond donors (Lipinski definition) is 2. The quantitative estimate of drug-likeness (QED) is 0.590. The van der Waals surface area contributed by atoms with Gasteiger partial charge in [0.15, 0.2) is 0 Å². The Labute approximate surface area is 83.2 Å². The maximum Gasteiger partial charge on any atom is 0.325 e. The molecule has 0 saturated carbocycles. The Kier molecular flexibility index (Phi) is 3.46. The number of carbonyl (C=O) groups excluding carboxylic acids is 2. The molecule has 2 N–H and O–H groups in total. The zero-order valence-corrected chi connectivity index (χ0v) is 8.55. The van der Waals surface area contributed by atoms with E-state index in [2.05, 4.69) is 15.4 Å². The number of ether oxygens (including phenoxy) is 1. The van der Waals surface area contributed by atoms with Crippen LogP contribution >= 0.6 is 0 Å². The lowest BCUT2D eigenvalue weighted by Gasteiger charge is -2.20. The summed E-state index contributed by atoms with van der Waals surface area (Å²) in [4.78, 5) is 22.4. The fourth-order valence-corrected chi connectivity index (χ4v) is 1.45. The van der Waals surface area contributed by atoms with Crippen molar-refractivity contribution >= 4 is 11.9 Å². The van der Waals surface area contributed by atoms with Gasteiger partial charge in [-0.3, -0.25) is 9.59 Å². The first-order chi connectivity index (χ1) is 6.58. The van der Waals surface area contributed by atoms with E-state index in [1.807, 2.05) is 6.92 Å². The minimum atomic E-state index is -0.423. The predicted molar refractivity (Wildman–Crippen MR) is 50.6 cm³/mol. The molecule has 1 saturated heterocycles. The molecular formula is C9H16N2O3. The van der Waals surface area contributed by atoms with E-state index in [1.54, 1.807) is 0 Å². The van der Waals surface area contributed by atoms with Crippen LogP contribution in [0, 0.1) is 5.41 Å². The van der Waals surface area contributed by atoms with Crippen molar-refractivity contribution in [3.8, 4) is 0 Å². The van der Waals surface area contributed by atoms with Crippen LogP contribution in [-0.2, 0) is 14.3 Å². The van der Waals surface area contributed by atoms with Crippen molar-refractivity contribution < 1.29 is 14.3 Å². The molecule has 0 aromatic carbocycles. The molecule has 1 fully saturated rings. The van der Waals surface area contributed by atoms with Crippen LogP contribution in [0.3, 0.4) is 0 Å². The fraction of sp³-hybridized carbons (Fsp3) is 0.778. The summed E-state index contributed by atoms with van der Waals surface area (Å²) < 4.78 is 4.43. The minimum absolute atomic E-state index is 0.0507. The minimum Gasteiger partial charge on any atom is -0.468 e. The van der Waals surface area contributed by atoms with Gasteiger partial charge in [0, 0.05) is 6.54 Å². The van der Waals surface area contributed by atoms with Crippen molar-refractivity contribution in [1.82, 2.24) is 10.6 Å². The molecule has 5 heteroatoms. The van der Waals surface area contributed by atoms with Crippen LogP contribution in [0.25, 0.3) is 0 Å². The lowest BCUT2D eigenvalue weighted by Crippen LogP contribution is -2.42. The number of rotatable bonds is 3. The van der Waals surface area contributed by atoms with Gasteiger partial charge in [0.25, 0.3) is 0 Å². The molecule has 1 unspecified atom stereocenters. The molecule has 1 aliphatic heterocycles. The number of methoxy groups -OCH3 is 1. The van der Waals surface area contributed by atoms with Gasteiger partial charge in [0.1, 0.15) is 6.54 Å². The van der Waals surface area contributed by atoms with Crippen LogP contribution in [0.2, 0.25) is 0 Å². The van der Waals surface area contributed by atoms with Crippen molar-refractivity contribution in [1.29, 1.82) is 0 Å². The van der Waals surface area contributed by atoms with Gasteiger partial charge in [0.05, 0.1) is 12.5 Å². The average molecular weight is 200 g/mol. The Hall–Kier alpha value is -1.10. The van der Waals surface area contributed by atoms with E-state index in [-0.39, 0.29) is 17.9 Å². The Bertz CT molecular complexity index is 234. The highest BCUT2D eigenvalue weighted by Gasteiger charge is 2.36. The highest BCUT2D eigenvalue weighted by Crippen LogP contribution is 2.24. The number of hydrogen-bond acceptors (Lipinski definition) is 4. The van der Waals surface area contributed by atoms with Gasteiger partial charge in [0.2, 0.25) is 5.91 Å². The molecule has 0 aromatic rings. The van der Waals surface area contributed by atoms with Crippen molar-refractivity contribution in [2.45, 2.75) is 13.3 Å². The number of nitrogens with one attached hydrogen (secondary N) is 2. The summed E-state index contributed by atoms with van der Waals surface area (Å²) in [5.41, 5.74) is -0.381. The smallest absolute Gasteiger partial charge is 0.325 e. The predicted octanol–water partition coefficient (Wildman–Crippen LogP) is -0.725. The van der Waals surface area contributed by atoms with Crippen molar-refractivity contribution in [2.75, 3.05) is 26.7 Å². The summed E-state index contributed by atoms with van der Waals surface area (Å²) in [5, 5.41) is 5.68. The van der Waals surface area contributed by atoms with Crippen LogP contribution in [0.5, 0.6) is 0 Å². The zero-order valence-electron chi connectivity index (χ0n) is 8.55. The molecular weight excluding hydrogens is 184 g/mol. The van der Waals surface area contributed by atoms with Crippen LogP contribution in [0.15, 0.2) is 0 Å². The van der Waals surface area contributed by atoms with E-state index in [0.29, 0.717) is 6.54 Å². The monoisotopic (exact) mass is 200 g/mol. The van der Waals surface area contributed by atoms with Gasteiger partial charge in [-0.1, -0.05) is 0 Å². The van der Waals surface area contributed by atoms with E-state index in [1.165, 1.54) is 7.11 Å². The first kappa shape index (κ1) is 11.0. The molecule has 0 aromatic heterocycles. The largest absolute Gasteiger partial charge is 0.468 e. The topological polar surface area (TPSA) is 67.4 Å². The molecule has 14 heavy (non-hydrogen) atoms. The summed E-state index contributed by atoms with van der Waals surface area (Å²) in [6.45, 7) is 3.35. The second kappa shape index (κ2) is 4.41. The number of amides is 1. The first-order valence-electron chi connectivity index (χ1n) is 4.64. The summed E-state index contributed by atoms with van der Waals surface area (Å²) >= 11 is 0. The van der Waals surface area contributed by atoms with E-state index in [0.717, 1.165) is 13.0 Å². The normalized spacial score (nSPS) is 25.9. The second-order valence-corrected chi connectivity index (χ2v) is 3.75. The lowest BCUT2D eigenvalue weighted by atomic mass is 9.89. The third kappa shape index (κ3) is 2.45. The molecule has 1 atom stereocenters. The molecule has 1 aliphatic rings. The molecule has 0 radical (unpaired) electrons. The van der Waals surface area contributed by atoms with E-state index >= 15 is 0 Å². The maximum absolute atomic E-state index is 11.6. The SMILES string of the molecule is COC(=O)CNC(=O)C1(C)CCNC1. The molecule has 0 spiro atoms. The van der Waals surface area contributed by atoms with Crippen LogP contribution in [-0.4, -0.2) is 38.6 Å². The standard InChI is InChI=1S/C9H16N2O3/c1-9(3-4-10-6-9)8(13)11-5-7(12)14-2/h10H,3-6H2,1-2H3,(H,11,13). The van der Waals surface area contributed by atoms with Gasteiger partial charge in [-0.15, -0.1) is 0 Å². The second-order valence-electron chi connectivity index (χ2n) is 3.75. The van der Waals surface area contributed by atoms with Crippen molar-refractivity contribution in [3.63, 3.8) is 0 Å². The van der Waals surface area contributed by atoms with Gasteiger partial charge in [-0.25, -0.2) is 0 Å². The fourth-order valence-electron chi connectivity index (χ4n) is 1.45. The summed E-state index contributed by atoms with van der Waals surface area (Å²) in [6.07, 6.45) is 0.806. The Morgan fingerprint density at radius 3 is 2.79 bits per heavy atom. The van der Waals surface area contributed by atoms with Gasteiger partial charge in [-0.05, 0) is 19.9 Å².